The summed E-state index contributed by atoms with van der Waals surface area (Å²) in [7, 11) is 0. The molecule has 9 nitrogen and oxygen atoms in total. The molecule has 0 saturated carbocycles. The normalized spacial score (nSPS) is 21.4. The number of alkyl halides is 3. The van der Waals surface area contributed by atoms with E-state index in [1.54, 1.807) is 19.1 Å². The van der Waals surface area contributed by atoms with Crippen molar-refractivity contribution in [2.75, 3.05) is 5.73 Å². The summed E-state index contributed by atoms with van der Waals surface area (Å²) in [6.07, 6.45) is -4.53. The van der Waals surface area contributed by atoms with Gasteiger partial charge in [-0.1, -0.05) is 12.1 Å². The quantitative estimate of drug-likeness (QED) is 0.525. The third-order valence-electron chi connectivity index (χ3n) is 5.13. The predicted molar refractivity (Wildman–Crippen MR) is 105 cm³/mol. The minimum Gasteiger partial charge on any atom is -0.480 e. The summed E-state index contributed by atoms with van der Waals surface area (Å²) in [5.41, 5.74) is 6.75. The summed E-state index contributed by atoms with van der Waals surface area (Å²) >= 11 is 0. The van der Waals surface area contributed by atoms with Gasteiger partial charge in [-0.3, -0.25) is 4.90 Å². The number of likely N-dealkylation sites (tertiary alicyclic amines) is 1. The maximum absolute atomic E-state index is 12.6. The van der Waals surface area contributed by atoms with E-state index < -0.39 is 48.3 Å². The number of ether oxygens (including phenoxy) is 1. The molecule has 5 N–H and O–H groups in total. The molecule has 1 aliphatic heterocycles. The number of nitrogen functional groups attached to an aromatic ring is 1. The Morgan fingerprint density at radius 2 is 1.94 bits per heavy atom. The van der Waals surface area contributed by atoms with Crippen LogP contribution in [-0.2, 0) is 11.2 Å². The molecule has 0 bridgehead atoms. The number of nitrogens with one attached hydrogen (secondary N) is 1. The van der Waals surface area contributed by atoms with Crippen molar-refractivity contribution < 1.29 is 37.7 Å². The first-order chi connectivity index (χ1) is 15.0. The largest absolute Gasteiger partial charge is 0.573 e. The van der Waals surface area contributed by atoms with Crippen LogP contribution >= 0.6 is 0 Å². The van der Waals surface area contributed by atoms with E-state index in [9.17, 15) is 33.0 Å². The maximum atomic E-state index is 12.6. The fourth-order valence-electron chi connectivity index (χ4n) is 3.60. The van der Waals surface area contributed by atoms with E-state index in [1.807, 2.05) is 0 Å². The van der Waals surface area contributed by atoms with E-state index in [-0.39, 0.29) is 12.2 Å². The van der Waals surface area contributed by atoms with Gasteiger partial charge in [-0.15, -0.1) is 13.2 Å². The zero-order chi connectivity index (χ0) is 23.6. The number of hydrogen-bond donors (Lipinski definition) is 4. The van der Waals surface area contributed by atoms with Gasteiger partial charge < -0.3 is 26.0 Å². The fraction of sp³-hybridized carbons (Fsp3) is 0.350. The van der Waals surface area contributed by atoms with E-state index in [0.29, 0.717) is 11.1 Å². The third kappa shape index (κ3) is 5.19. The molecule has 172 valence electrons. The number of anilines is 1. The number of rotatable bonds is 6. The summed E-state index contributed by atoms with van der Waals surface area (Å²) in [4.78, 5) is 29.0. The number of carboxylic acids is 1. The lowest BCUT2D eigenvalue weighted by Crippen LogP contribution is -2.71. The van der Waals surface area contributed by atoms with E-state index >= 15 is 0 Å². The Balaban J connectivity index is 1.65. The maximum Gasteiger partial charge on any atom is 0.573 e. The lowest BCUT2D eigenvalue weighted by Gasteiger charge is -2.50. The van der Waals surface area contributed by atoms with Gasteiger partial charge in [0.15, 0.2) is 0 Å². The van der Waals surface area contributed by atoms with Crippen LogP contribution in [0.5, 0.6) is 5.75 Å². The second-order valence-corrected chi connectivity index (χ2v) is 7.35. The van der Waals surface area contributed by atoms with Gasteiger partial charge in [0.05, 0.1) is 6.04 Å². The molecule has 1 saturated heterocycles. The molecular formula is C20H21F3N4O5. The molecule has 1 aliphatic rings. The van der Waals surface area contributed by atoms with Crippen LogP contribution in [0.4, 0.5) is 23.8 Å². The number of carbonyl (C=O) groups excluding carboxylic acids is 1. The van der Waals surface area contributed by atoms with Crippen molar-refractivity contribution in [2.45, 2.75) is 38.0 Å². The molecule has 32 heavy (non-hydrogen) atoms. The second kappa shape index (κ2) is 8.91. The Morgan fingerprint density at radius 3 is 2.50 bits per heavy atom. The van der Waals surface area contributed by atoms with Crippen molar-refractivity contribution in [3.8, 4) is 5.75 Å². The molecule has 4 unspecified atom stereocenters. The van der Waals surface area contributed by atoms with Gasteiger partial charge in [-0.2, -0.15) is 0 Å². The van der Waals surface area contributed by atoms with Crippen molar-refractivity contribution in [3.05, 3.63) is 53.7 Å². The van der Waals surface area contributed by atoms with Gasteiger partial charge in [0.2, 0.25) is 0 Å². The van der Waals surface area contributed by atoms with Gasteiger partial charge in [0.25, 0.3) is 0 Å². The number of carbonyl (C=O) groups is 2. The number of pyridine rings is 1. The summed E-state index contributed by atoms with van der Waals surface area (Å²) in [5, 5.41) is 22.6. The highest BCUT2D eigenvalue weighted by molar-refractivity contribution is 5.85. The topological polar surface area (TPSA) is 138 Å². The van der Waals surface area contributed by atoms with Gasteiger partial charge in [-0.25, -0.2) is 14.6 Å². The Kier molecular flexibility index (Phi) is 6.44. The molecule has 1 aromatic heterocycles. The Morgan fingerprint density at radius 1 is 1.28 bits per heavy atom. The average Bonchev–Trinajstić information content (AvgIpc) is 2.68. The molecule has 4 atom stereocenters. The number of aliphatic hydroxyl groups excluding tert-OH is 1. The second-order valence-electron chi connectivity index (χ2n) is 7.35. The number of aliphatic carboxylic acids is 1. The summed E-state index contributed by atoms with van der Waals surface area (Å²) in [6, 6.07) is 5.30. The zero-order valence-corrected chi connectivity index (χ0v) is 16.8. The van der Waals surface area contributed by atoms with Crippen molar-refractivity contribution in [1.29, 1.82) is 0 Å². The molecule has 0 radical (unpaired) electrons. The predicted octanol–water partition coefficient (Wildman–Crippen LogP) is 2.28. The third-order valence-corrected chi connectivity index (χ3v) is 5.13. The highest BCUT2D eigenvalue weighted by Crippen LogP contribution is 2.35. The van der Waals surface area contributed by atoms with Crippen molar-refractivity contribution >= 4 is 17.8 Å². The first-order valence-corrected chi connectivity index (χ1v) is 9.52. The SMILES string of the molecule is CC(NC(=O)N1C(O)C(Cc2ccnc(N)c2)C1C(=O)O)c1ccc(OC(F)(F)F)cc1. The molecule has 3 rings (SSSR count). The van der Waals surface area contributed by atoms with Crippen molar-refractivity contribution in [3.63, 3.8) is 0 Å². The summed E-state index contributed by atoms with van der Waals surface area (Å²) < 4.78 is 40.6. The number of hydrogen-bond acceptors (Lipinski definition) is 6. The highest BCUT2D eigenvalue weighted by atomic mass is 19.4. The molecule has 2 aromatic rings. The van der Waals surface area contributed by atoms with Crippen LogP contribution in [0, 0.1) is 5.92 Å². The Bertz CT molecular complexity index is 986. The van der Waals surface area contributed by atoms with Crippen LogP contribution in [0.3, 0.4) is 0 Å². The molecule has 2 heterocycles. The molecule has 0 aliphatic carbocycles. The molecule has 1 fully saturated rings. The molecular weight excluding hydrogens is 433 g/mol. The van der Waals surface area contributed by atoms with Crippen LogP contribution < -0.4 is 15.8 Å². The van der Waals surface area contributed by atoms with Crippen LogP contribution in [0.25, 0.3) is 0 Å². The first kappa shape index (κ1) is 23.1. The van der Waals surface area contributed by atoms with E-state index in [2.05, 4.69) is 15.0 Å². The van der Waals surface area contributed by atoms with Crippen LogP contribution in [0.15, 0.2) is 42.6 Å². The van der Waals surface area contributed by atoms with Gasteiger partial charge in [-0.05, 0) is 48.7 Å². The van der Waals surface area contributed by atoms with Crippen molar-refractivity contribution in [2.24, 2.45) is 5.92 Å². The first-order valence-electron chi connectivity index (χ1n) is 9.52. The number of nitrogens with two attached hydrogens (primary N) is 1. The monoisotopic (exact) mass is 454 g/mol. The fourth-order valence-corrected chi connectivity index (χ4v) is 3.60. The number of urea groups is 1. The number of aromatic nitrogens is 1. The molecule has 2 amide bonds. The standard InChI is InChI=1S/C20H21F3N4O5/c1-10(12-2-4-13(5-3-12)32-20(21,22)23)26-19(31)27-16(18(29)30)14(17(27)28)8-11-6-7-25-15(24)9-11/h2-7,9-10,14,16-17,28H,8H2,1H3,(H2,24,25)(H,26,31)(H,29,30). The lowest BCUT2D eigenvalue weighted by atomic mass is 9.81. The van der Waals surface area contributed by atoms with E-state index in [4.69, 9.17) is 5.73 Å². The van der Waals surface area contributed by atoms with Gasteiger partial charge in [0, 0.05) is 12.1 Å². The number of benzene rings is 1. The molecule has 12 heteroatoms. The zero-order valence-electron chi connectivity index (χ0n) is 16.8. The average molecular weight is 454 g/mol. The number of nitrogens with zero attached hydrogens (tertiary/aromatic N) is 2. The number of carboxylic acid groups (broad SMARTS) is 1. The molecule has 1 aromatic carbocycles. The Labute approximate surface area is 180 Å². The number of halogens is 3. The Hall–Kier alpha value is -3.54. The van der Waals surface area contributed by atoms with Crippen LogP contribution in [-0.4, -0.2) is 50.7 Å². The van der Waals surface area contributed by atoms with Gasteiger partial charge >= 0.3 is 18.4 Å². The smallest absolute Gasteiger partial charge is 0.480 e. The molecule has 0 spiro atoms. The van der Waals surface area contributed by atoms with Gasteiger partial charge in [0.1, 0.15) is 23.8 Å². The van der Waals surface area contributed by atoms with Crippen LogP contribution in [0.2, 0.25) is 0 Å². The van der Waals surface area contributed by atoms with Crippen molar-refractivity contribution in [1.82, 2.24) is 15.2 Å². The van der Waals surface area contributed by atoms with Crippen LogP contribution in [0.1, 0.15) is 24.1 Å². The summed E-state index contributed by atoms with van der Waals surface area (Å²) in [6.45, 7) is 1.57. The van der Waals surface area contributed by atoms with E-state index in [0.717, 1.165) is 17.0 Å². The number of aliphatic hydroxyl groups is 1. The highest BCUT2D eigenvalue weighted by Gasteiger charge is 2.54. The minimum absolute atomic E-state index is 0.171. The summed E-state index contributed by atoms with van der Waals surface area (Å²) in [5.74, 6) is -2.20. The minimum atomic E-state index is -4.82. The lowest BCUT2D eigenvalue weighted by molar-refractivity contribution is -0.274. The number of amides is 2. The van der Waals surface area contributed by atoms with E-state index in [1.165, 1.54) is 18.3 Å².